The summed E-state index contributed by atoms with van der Waals surface area (Å²) in [5, 5.41) is 0. The van der Waals surface area contributed by atoms with Crippen LogP contribution in [0.15, 0.2) is 41.0 Å². The van der Waals surface area contributed by atoms with Gasteiger partial charge in [0, 0.05) is 5.56 Å². The molecular weight excluding hydrogens is 200 g/mol. The highest BCUT2D eigenvalue weighted by Crippen LogP contribution is 2.14. The minimum absolute atomic E-state index is 0.108. The zero-order chi connectivity index (χ0) is 11.5. The van der Waals surface area contributed by atoms with Crippen LogP contribution in [0.25, 0.3) is 0 Å². The molecule has 2 heteroatoms. The highest BCUT2D eigenvalue weighted by atomic mass is 16.3. The largest absolute Gasteiger partial charge is 0.469 e. The van der Waals surface area contributed by atoms with Crippen molar-refractivity contribution in [3.63, 3.8) is 0 Å². The molecule has 0 aliphatic rings. The average Bonchev–Trinajstić information content (AvgIpc) is 2.74. The quantitative estimate of drug-likeness (QED) is 0.734. The average molecular weight is 214 g/mol. The van der Waals surface area contributed by atoms with Gasteiger partial charge in [-0.1, -0.05) is 17.7 Å². The molecule has 0 saturated carbocycles. The van der Waals surface area contributed by atoms with Crippen LogP contribution in [0.1, 0.15) is 27.2 Å². The number of hydrogen-bond acceptors (Lipinski definition) is 2. The molecule has 0 bridgehead atoms. The SMILES string of the molecule is Cc1ccc(C)c(C(=O)Cc2ccco2)c1. The molecule has 0 aliphatic heterocycles. The molecule has 1 heterocycles. The third-order valence-electron chi connectivity index (χ3n) is 2.61. The molecule has 0 radical (unpaired) electrons. The van der Waals surface area contributed by atoms with E-state index in [0.29, 0.717) is 12.2 Å². The lowest BCUT2D eigenvalue weighted by atomic mass is 10.00. The summed E-state index contributed by atoms with van der Waals surface area (Å²) in [5.41, 5.74) is 2.91. The van der Waals surface area contributed by atoms with Crippen molar-refractivity contribution >= 4 is 5.78 Å². The van der Waals surface area contributed by atoms with Crippen LogP contribution < -0.4 is 0 Å². The van der Waals surface area contributed by atoms with Gasteiger partial charge in [-0.3, -0.25) is 4.79 Å². The van der Waals surface area contributed by atoms with Crippen molar-refractivity contribution in [2.24, 2.45) is 0 Å². The van der Waals surface area contributed by atoms with E-state index >= 15 is 0 Å². The smallest absolute Gasteiger partial charge is 0.170 e. The number of ketones is 1. The summed E-state index contributed by atoms with van der Waals surface area (Å²) in [7, 11) is 0. The van der Waals surface area contributed by atoms with Crippen LogP contribution in [0.2, 0.25) is 0 Å². The van der Waals surface area contributed by atoms with E-state index in [9.17, 15) is 4.79 Å². The highest BCUT2D eigenvalue weighted by molar-refractivity contribution is 5.98. The Morgan fingerprint density at radius 3 is 2.75 bits per heavy atom. The molecule has 1 aromatic heterocycles. The zero-order valence-electron chi connectivity index (χ0n) is 9.49. The predicted molar refractivity (Wildman–Crippen MR) is 62.7 cm³/mol. The first-order chi connectivity index (χ1) is 7.66. The van der Waals surface area contributed by atoms with Crippen molar-refractivity contribution in [3.8, 4) is 0 Å². The normalized spacial score (nSPS) is 10.4. The number of hydrogen-bond donors (Lipinski definition) is 0. The van der Waals surface area contributed by atoms with E-state index in [1.54, 1.807) is 12.3 Å². The monoisotopic (exact) mass is 214 g/mol. The van der Waals surface area contributed by atoms with E-state index in [-0.39, 0.29) is 5.78 Å². The summed E-state index contributed by atoms with van der Waals surface area (Å²) in [6.45, 7) is 3.94. The van der Waals surface area contributed by atoms with Gasteiger partial charge in [0.15, 0.2) is 5.78 Å². The lowest BCUT2D eigenvalue weighted by molar-refractivity contribution is 0.0986. The Bertz CT molecular complexity index is 495. The maximum Gasteiger partial charge on any atom is 0.170 e. The Kier molecular flexibility index (Phi) is 2.91. The molecule has 16 heavy (non-hydrogen) atoms. The van der Waals surface area contributed by atoms with Crippen molar-refractivity contribution in [2.75, 3.05) is 0 Å². The van der Waals surface area contributed by atoms with Crippen LogP contribution >= 0.6 is 0 Å². The second kappa shape index (κ2) is 4.35. The molecule has 82 valence electrons. The van der Waals surface area contributed by atoms with E-state index < -0.39 is 0 Å². The lowest BCUT2D eigenvalue weighted by Gasteiger charge is -2.04. The Morgan fingerprint density at radius 2 is 2.06 bits per heavy atom. The number of furan rings is 1. The van der Waals surface area contributed by atoms with E-state index in [2.05, 4.69) is 0 Å². The van der Waals surface area contributed by atoms with Gasteiger partial charge in [-0.15, -0.1) is 0 Å². The van der Waals surface area contributed by atoms with Crippen LogP contribution in [0, 0.1) is 13.8 Å². The first-order valence-electron chi connectivity index (χ1n) is 5.29. The van der Waals surface area contributed by atoms with Crippen molar-refractivity contribution in [1.29, 1.82) is 0 Å². The molecular formula is C14H14O2. The maximum absolute atomic E-state index is 12.0. The Labute approximate surface area is 94.9 Å². The van der Waals surface area contributed by atoms with E-state index in [1.807, 2.05) is 38.1 Å². The van der Waals surface area contributed by atoms with E-state index in [4.69, 9.17) is 4.42 Å². The third-order valence-corrected chi connectivity index (χ3v) is 2.61. The third kappa shape index (κ3) is 2.22. The molecule has 0 N–H and O–H groups in total. The Hall–Kier alpha value is -1.83. The van der Waals surface area contributed by atoms with Crippen LogP contribution in [-0.2, 0) is 6.42 Å². The minimum atomic E-state index is 0.108. The zero-order valence-corrected chi connectivity index (χ0v) is 9.49. The van der Waals surface area contributed by atoms with Gasteiger partial charge in [0.2, 0.25) is 0 Å². The summed E-state index contributed by atoms with van der Waals surface area (Å²) in [6.07, 6.45) is 1.92. The molecule has 0 spiro atoms. The fourth-order valence-corrected chi connectivity index (χ4v) is 1.70. The van der Waals surface area contributed by atoms with Gasteiger partial charge in [-0.2, -0.15) is 0 Å². The minimum Gasteiger partial charge on any atom is -0.469 e. The van der Waals surface area contributed by atoms with Crippen LogP contribution in [0.4, 0.5) is 0 Å². The first-order valence-corrected chi connectivity index (χ1v) is 5.29. The maximum atomic E-state index is 12.0. The summed E-state index contributed by atoms with van der Waals surface area (Å²) >= 11 is 0. The number of benzene rings is 1. The van der Waals surface area contributed by atoms with Crippen molar-refractivity contribution in [2.45, 2.75) is 20.3 Å². The number of aryl methyl sites for hydroxylation is 2. The van der Waals surface area contributed by atoms with Crippen LogP contribution in [0.3, 0.4) is 0 Å². The number of rotatable bonds is 3. The standard InChI is InChI=1S/C14H14O2/c1-10-5-6-11(2)13(8-10)14(15)9-12-4-3-7-16-12/h3-8H,9H2,1-2H3. The van der Waals surface area contributed by atoms with Gasteiger partial charge in [-0.25, -0.2) is 0 Å². The molecule has 0 atom stereocenters. The number of Topliss-reactive ketones (excluding diaryl/α,β-unsaturated/α-hetero) is 1. The Balaban J connectivity index is 2.24. The molecule has 0 aliphatic carbocycles. The Morgan fingerprint density at radius 1 is 1.25 bits per heavy atom. The van der Waals surface area contributed by atoms with Crippen LogP contribution in [-0.4, -0.2) is 5.78 Å². The molecule has 0 fully saturated rings. The molecule has 0 saturated heterocycles. The molecule has 2 nitrogen and oxygen atoms in total. The second-order valence-electron chi connectivity index (χ2n) is 4.00. The van der Waals surface area contributed by atoms with Crippen molar-refractivity contribution < 1.29 is 9.21 Å². The molecule has 0 amide bonds. The second-order valence-corrected chi connectivity index (χ2v) is 4.00. The topological polar surface area (TPSA) is 30.2 Å². The molecule has 0 unspecified atom stereocenters. The molecule has 2 aromatic rings. The van der Waals surface area contributed by atoms with E-state index in [1.165, 1.54) is 0 Å². The number of carbonyl (C=O) groups is 1. The summed E-state index contributed by atoms with van der Waals surface area (Å²) in [4.78, 5) is 12.0. The molecule has 1 aromatic carbocycles. The van der Waals surface area contributed by atoms with Gasteiger partial charge in [0.1, 0.15) is 5.76 Å². The van der Waals surface area contributed by atoms with Crippen molar-refractivity contribution in [1.82, 2.24) is 0 Å². The van der Waals surface area contributed by atoms with Gasteiger partial charge < -0.3 is 4.42 Å². The van der Waals surface area contributed by atoms with Gasteiger partial charge in [0.05, 0.1) is 12.7 Å². The van der Waals surface area contributed by atoms with Gasteiger partial charge in [0.25, 0.3) is 0 Å². The first kappa shape index (κ1) is 10.7. The summed E-state index contributed by atoms with van der Waals surface area (Å²) < 4.78 is 5.17. The van der Waals surface area contributed by atoms with Gasteiger partial charge >= 0.3 is 0 Å². The van der Waals surface area contributed by atoms with Gasteiger partial charge in [-0.05, 0) is 37.6 Å². The van der Waals surface area contributed by atoms with E-state index in [0.717, 1.165) is 16.7 Å². The number of carbonyl (C=O) groups excluding carboxylic acids is 1. The molecule has 2 rings (SSSR count). The fourth-order valence-electron chi connectivity index (χ4n) is 1.70. The lowest BCUT2D eigenvalue weighted by Crippen LogP contribution is -2.05. The van der Waals surface area contributed by atoms with Crippen molar-refractivity contribution in [3.05, 3.63) is 59.0 Å². The van der Waals surface area contributed by atoms with Crippen LogP contribution in [0.5, 0.6) is 0 Å². The fraction of sp³-hybridized carbons (Fsp3) is 0.214. The predicted octanol–water partition coefficient (Wildman–Crippen LogP) is 3.32. The highest BCUT2D eigenvalue weighted by Gasteiger charge is 2.11. The summed E-state index contributed by atoms with van der Waals surface area (Å²) in [5.74, 6) is 0.821. The summed E-state index contributed by atoms with van der Waals surface area (Å²) in [6, 6.07) is 9.54.